The Morgan fingerprint density at radius 3 is 2.02 bits per heavy atom. The van der Waals surface area contributed by atoms with Gasteiger partial charge in [0.15, 0.2) is 23.9 Å². The molecule has 44 heteroatoms. The van der Waals surface area contributed by atoms with Crippen molar-refractivity contribution in [2.24, 2.45) is 11.7 Å². The fourth-order valence-corrected chi connectivity index (χ4v) is 16.5. The van der Waals surface area contributed by atoms with Gasteiger partial charge in [-0.3, -0.25) is 57.5 Å². The van der Waals surface area contributed by atoms with Gasteiger partial charge in [-0.2, -0.15) is 4.98 Å². The third-order valence-corrected chi connectivity index (χ3v) is 23.7. The second kappa shape index (κ2) is 42.2. The van der Waals surface area contributed by atoms with Gasteiger partial charge in [0, 0.05) is 79.2 Å². The maximum atomic E-state index is 16.4. The quantitative estimate of drug-likeness (QED) is 0.0232. The second-order valence-corrected chi connectivity index (χ2v) is 33.9. The molecule has 700 valence electrons. The topological polar surface area (TPSA) is 594 Å². The number of aliphatic hydroxyl groups excluding tert-OH is 6. The molecule has 18 unspecified atom stereocenters. The summed E-state index contributed by atoms with van der Waals surface area (Å²) < 4.78 is 46.2. The molecule has 8 aliphatic heterocycles. The zero-order chi connectivity index (χ0) is 94.1. The number of halogens is 3. The number of hydrogen-bond acceptors (Lipinski definition) is 31. The molecule has 21 N–H and O–H groups in total. The third kappa shape index (κ3) is 22.9. The monoisotopic (exact) mass is 1880 g/mol. The van der Waals surface area contributed by atoms with Gasteiger partial charge in [-0.1, -0.05) is 79.0 Å². The molecule has 11 bridgehead atoms. The van der Waals surface area contributed by atoms with E-state index < -0.39 is 254 Å². The Hall–Kier alpha value is -11.7. The van der Waals surface area contributed by atoms with Gasteiger partial charge in [-0.05, 0) is 145 Å². The highest BCUT2D eigenvalue weighted by molar-refractivity contribution is 6.32. The molecule has 9 heterocycles. The predicted molar refractivity (Wildman–Crippen MR) is 464 cm³/mol. The summed E-state index contributed by atoms with van der Waals surface area (Å²) in [6.45, 7) is 7.66. The minimum Gasteiger partial charge on any atom is -0.508 e. The summed E-state index contributed by atoms with van der Waals surface area (Å²) in [5.74, 6) is -16.1. The van der Waals surface area contributed by atoms with Crippen molar-refractivity contribution in [3.63, 3.8) is 0 Å². The van der Waals surface area contributed by atoms with Crippen molar-refractivity contribution in [3.8, 4) is 57.1 Å². The summed E-state index contributed by atoms with van der Waals surface area (Å²) in [4.78, 5) is 159. The number of likely N-dealkylation sites (N-methyl/N-ethyl adjacent to an activating group) is 1. The molecule has 131 heavy (non-hydrogen) atoms. The van der Waals surface area contributed by atoms with Crippen LogP contribution in [0.1, 0.15) is 111 Å². The Morgan fingerprint density at radius 2 is 1.37 bits per heavy atom. The number of amides is 9. The summed E-state index contributed by atoms with van der Waals surface area (Å²) in [5.41, 5.74) is 3.96. The van der Waals surface area contributed by atoms with E-state index in [2.05, 4.69) is 58.3 Å². The van der Waals surface area contributed by atoms with Gasteiger partial charge in [-0.25, -0.2) is 10.3 Å². The van der Waals surface area contributed by atoms with Crippen LogP contribution >= 0.6 is 34.8 Å². The number of benzene rings is 6. The van der Waals surface area contributed by atoms with Gasteiger partial charge in [0.1, 0.15) is 101 Å². The Kier molecular flexibility index (Phi) is 31.2. The second-order valence-electron chi connectivity index (χ2n) is 32.6. The molecule has 7 aromatic rings. The van der Waals surface area contributed by atoms with Crippen LogP contribution in [-0.2, 0) is 73.5 Å². The number of phenolic OH excluding ortho intramolecular Hbond substituents is 3. The number of nitrogens with one attached hydrogen (secondary N) is 10. The minimum atomic E-state index is -2.40. The van der Waals surface area contributed by atoms with Crippen LogP contribution in [0.3, 0.4) is 0 Å². The van der Waals surface area contributed by atoms with E-state index in [9.17, 15) is 69.9 Å². The summed E-state index contributed by atoms with van der Waals surface area (Å²) in [6.07, 6.45) is -15.4. The Bertz CT molecular complexity index is 5540. The molecular weight excluding hydrogens is 1780 g/mol. The highest BCUT2D eigenvalue weighted by Crippen LogP contribution is 2.50. The fraction of sp³-hybridized carbons (Fsp3) is 0.414. The summed E-state index contributed by atoms with van der Waals surface area (Å²) in [6, 6.07) is 7.73. The van der Waals surface area contributed by atoms with Crippen LogP contribution in [0, 0.1) is 5.92 Å². The van der Waals surface area contributed by atoms with E-state index >= 15 is 24.0 Å². The number of nitrogens with zero attached hydrogens (tertiary/aromatic N) is 3. The lowest BCUT2D eigenvalue weighted by molar-refractivity contribution is -0.334. The number of nitrogens with two attached hydrogens (primary N) is 1. The fourth-order valence-electron chi connectivity index (χ4n) is 15.9. The summed E-state index contributed by atoms with van der Waals surface area (Å²) in [5, 5.41) is 131. The highest BCUT2D eigenvalue weighted by Gasteiger charge is 2.52. The first-order valence-electron chi connectivity index (χ1n) is 41.7. The predicted octanol–water partition coefficient (Wildman–Crippen LogP) is 1.59. The Morgan fingerprint density at radius 1 is 0.718 bits per heavy atom. The number of carbonyl (C=O) groups excluding carboxylic acids is 9. The van der Waals surface area contributed by atoms with Crippen molar-refractivity contribution in [2.45, 2.75) is 163 Å². The SMILES string of the molecule is CNC(CC(C)C)C(=O)NC1C(=O)NC(CC(N)=O)C(=O)NC2C(=O)NC3C(=O)NC(C(=O)NC(C(=O)NOCCN4CCOCC4)c4cc(O)cc(O)c4-c4cc3ccc4O)C(O)c3ccc(c(Cl)c3)Oc3cc2cc(c3OC2OC(CO)C(O)C(O)C2OC2CC(C)(NCCn3ccc(NC(=O)/C=C/c4ccc(Cl)cc4)nc3=O)C(O)C(C)O2)Oc2ccc(cc2Cl)C1O. The lowest BCUT2D eigenvalue weighted by Crippen LogP contribution is -2.65. The number of aromatic hydroxyl groups is 3. The first-order chi connectivity index (χ1) is 62.4. The molecule has 3 fully saturated rings. The average Bonchev–Trinajstić information content (AvgIpc) is 0.763. The molecule has 0 spiro atoms. The number of anilines is 1. The van der Waals surface area contributed by atoms with Crippen LogP contribution in [-0.4, -0.2) is 252 Å². The number of phenols is 3. The van der Waals surface area contributed by atoms with Gasteiger partial charge in [0.25, 0.3) is 5.91 Å². The number of aliphatic hydroxyl groups is 6. The Balaban J connectivity index is 0.932. The number of rotatable bonds is 24. The van der Waals surface area contributed by atoms with Gasteiger partial charge >= 0.3 is 5.69 Å². The van der Waals surface area contributed by atoms with Crippen molar-refractivity contribution in [1.82, 2.24) is 62.5 Å². The Labute approximate surface area is 762 Å². The van der Waals surface area contributed by atoms with Gasteiger partial charge in [-0.15, -0.1) is 0 Å². The van der Waals surface area contributed by atoms with Crippen LogP contribution < -0.4 is 79.0 Å². The van der Waals surface area contributed by atoms with Gasteiger partial charge in [0.05, 0.1) is 61.1 Å². The van der Waals surface area contributed by atoms with Crippen molar-refractivity contribution >= 4 is 99.9 Å². The van der Waals surface area contributed by atoms with E-state index in [1.54, 1.807) is 31.2 Å². The first kappa shape index (κ1) is 96.8. The normalized spacial score (nSPS) is 26.2. The van der Waals surface area contributed by atoms with E-state index in [-0.39, 0.29) is 73.3 Å². The van der Waals surface area contributed by atoms with E-state index in [0.717, 1.165) is 60.7 Å². The molecule has 8 aliphatic rings. The number of hydrogen-bond donors (Lipinski definition) is 20. The number of primary amides is 1. The number of hydroxylamine groups is 1. The van der Waals surface area contributed by atoms with Crippen molar-refractivity contribution in [1.29, 1.82) is 0 Å². The number of fused-ring (bicyclic) bond motifs is 15. The number of morpholine rings is 1. The van der Waals surface area contributed by atoms with Crippen LogP contribution in [0.4, 0.5) is 5.82 Å². The van der Waals surface area contributed by atoms with Crippen LogP contribution in [0.25, 0.3) is 17.2 Å². The molecule has 0 aliphatic carbocycles. The lowest BCUT2D eigenvalue weighted by Gasteiger charge is -2.48. The zero-order valence-corrected chi connectivity index (χ0v) is 73.2. The molecule has 3 saturated heterocycles. The molecule has 1 aromatic heterocycles. The van der Waals surface area contributed by atoms with Crippen molar-refractivity contribution in [3.05, 3.63) is 180 Å². The van der Waals surface area contributed by atoms with E-state index in [1.165, 1.54) is 61.2 Å². The number of ether oxygens (including phenoxy) is 7. The van der Waals surface area contributed by atoms with Crippen LogP contribution in [0.5, 0.6) is 46.0 Å². The smallest absolute Gasteiger partial charge is 0.349 e. The van der Waals surface area contributed by atoms with Gasteiger partial charge in [0.2, 0.25) is 59.3 Å². The average molecular weight is 1880 g/mol. The standard InChI is InChI=1S/C87H99Cl3N14O27/c1-39(2)28-52(92-5)78(116)100-69-71(111)43-10-15-56(50(89)30-43)127-58-32-45-33-59(75(58)131-85-76(74(114)73(113)60(38-105)129-85)130-64-37-87(4,77(115)40(3)126-64)93-19-21-104-20-18-62(96-86(104)123)95-63(110)17-8-41-6-12-46(88)13-7-41)128-57-16-11-44(31-51(57)90)72(112)70-83(121)99-68(84(122)102-125-27-24-103-22-25-124-26-23-103)49-34-47(106)35-55(108)65(49)48-29-42(9-14-54(48)107)66(80(118)101-70)98-81(119)67(45)97-79(117)53(36-61(91)109)94-82(69)120/h6-18,20,29-35,39-40,52-53,60,64,66-74,76-77,85,92-93,105-108,111-115H,19,21-28,36-38H2,1-5H3,(H2,91,109)(H,94,120)(H,97,117)(H,98,119)(H,99,121)(H,100,116)(H,101,118)(H,102,122)(H,95,96,110,123)/b17-8+. The first-order valence-corrected chi connectivity index (χ1v) is 42.8. The highest BCUT2D eigenvalue weighted by atomic mass is 35.5. The molecule has 0 radical (unpaired) electrons. The van der Waals surface area contributed by atoms with E-state index in [1.807, 2.05) is 18.7 Å². The molecule has 41 nitrogen and oxygen atoms in total. The van der Waals surface area contributed by atoms with E-state index in [4.69, 9.17) is 78.5 Å². The zero-order valence-electron chi connectivity index (χ0n) is 70.9. The molecule has 6 aromatic carbocycles. The molecule has 9 amide bonds. The molecule has 15 rings (SSSR count). The largest absolute Gasteiger partial charge is 0.508 e. The van der Waals surface area contributed by atoms with E-state index in [0.29, 0.717) is 36.9 Å². The van der Waals surface area contributed by atoms with Crippen molar-refractivity contribution < 1.29 is 127 Å². The number of carbonyl (C=O) groups is 9. The summed E-state index contributed by atoms with van der Waals surface area (Å²) >= 11 is 20.4. The van der Waals surface area contributed by atoms with Gasteiger partial charge < -0.3 is 133 Å². The van der Waals surface area contributed by atoms with Crippen molar-refractivity contribution in [2.75, 3.05) is 65.0 Å². The molecule has 0 saturated carbocycles. The maximum absolute atomic E-state index is 16.4. The van der Waals surface area contributed by atoms with Crippen LogP contribution in [0.2, 0.25) is 15.1 Å². The van der Waals surface area contributed by atoms with Crippen LogP contribution in [0.15, 0.2) is 126 Å². The number of aromatic nitrogens is 2. The third-order valence-electron chi connectivity index (χ3n) is 22.8. The lowest BCUT2D eigenvalue weighted by atomic mass is 9.85. The molecule has 18 atom stereocenters. The maximum Gasteiger partial charge on any atom is 0.349 e. The summed E-state index contributed by atoms with van der Waals surface area (Å²) in [7, 11) is 1.47. The minimum absolute atomic E-state index is 0.0353. The molecular formula is C87H99Cl3N14O27.